The Morgan fingerprint density at radius 2 is 1.95 bits per heavy atom. The van der Waals surface area contributed by atoms with Crippen LogP contribution in [0.4, 0.5) is 5.82 Å². The van der Waals surface area contributed by atoms with Crippen molar-refractivity contribution in [1.82, 2.24) is 9.97 Å². The predicted octanol–water partition coefficient (Wildman–Crippen LogP) is 2.57. The van der Waals surface area contributed by atoms with Crippen molar-refractivity contribution >= 4 is 11.8 Å². The second-order valence-corrected chi connectivity index (χ2v) is 4.75. The van der Waals surface area contributed by atoms with E-state index in [1.807, 2.05) is 26.0 Å². The minimum atomic E-state index is -0.922. The summed E-state index contributed by atoms with van der Waals surface area (Å²) >= 11 is 0. The Morgan fingerprint density at radius 3 is 2.60 bits per heavy atom. The summed E-state index contributed by atoms with van der Waals surface area (Å²) in [7, 11) is 0. The Labute approximate surface area is 117 Å². The van der Waals surface area contributed by atoms with Gasteiger partial charge in [0.25, 0.3) is 0 Å². The van der Waals surface area contributed by atoms with Crippen molar-refractivity contribution in [2.75, 3.05) is 11.9 Å². The first kappa shape index (κ1) is 14.0. The molecule has 0 aliphatic heterocycles. The van der Waals surface area contributed by atoms with E-state index in [0.717, 1.165) is 16.8 Å². The number of hydrogen-bond acceptors (Lipinski definition) is 4. The Hall–Kier alpha value is -2.43. The second-order valence-electron chi connectivity index (χ2n) is 4.75. The van der Waals surface area contributed by atoms with E-state index in [2.05, 4.69) is 21.4 Å². The fourth-order valence-electron chi connectivity index (χ4n) is 2.06. The summed E-state index contributed by atoms with van der Waals surface area (Å²) in [5.41, 5.74) is 4.15. The molecule has 2 N–H and O–H groups in total. The van der Waals surface area contributed by atoms with Crippen LogP contribution in [0.25, 0.3) is 11.3 Å². The van der Waals surface area contributed by atoms with Crippen LogP contribution in [-0.2, 0) is 4.79 Å². The number of hydrogen-bond donors (Lipinski definition) is 2. The fourth-order valence-corrected chi connectivity index (χ4v) is 2.06. The molecule has 0 amide bonds. The number of anilines is 1. The molecule has 1 heterocycles. The number of aromatic nitrogens is 2. The van der Waals surface area contributed by atoms with E-state index in [-0.39, 0.29) is 6.54 Å². The molecule has 5 nitrogen and oxygen atoms in total. The molecule has 20 heavy (non-hydrogen) atoms. The van der Waals surface area contributed by atoms with Gasteiger partial charge in [0, 0.05) is 11.6 Å². The van der Waals surface area contributed by atoms with Crippen molar-refractivity contribution in [2.24, 2.45) is 0 Å². The maximum Gasteiger partial charge on any atom is 0.322 e. The minimum absolute atomic E-state index is 0.164. The van der Waals surface area contributed by atoms with Gasteiger partial charge in [-0.15, -0.1) is 0 Å². The normalized spacial score (nSPS) is 10.3. The Bertz CT molecular complexity index is 654. The molecule has 2 rings (SSSR count). The molecule has 2 aromatic rings. The molecule has 0 atom stereocenters. The van der Waals surface area contributed by atoms with E-state index in [4.69, 9.17) is 5.11 Å². The Balaban J connectivity index is 2.38. The molecule has 0 fully saturated rings. The summed E-state index contributed by atoms with van der Waals surface area (Å²) in [6.07, 6.45) is 0. The van der Waals surface area contributed by atoms with Crippen LogP contribution in [0, 0.1) is 20.8 Å². The lowest BCUT2D eigenvalue weighted by Gasteiger charge is -2.10. The average Bonchev–Trinajstić information content (AvgIpc) is 2.35. The standard InChI is InChI=1S/C15H17N3O2/c1-9-4-5-12(10(2)6-9)13-7-14(16-8-15(19)20)18-11(3)17-13/h4-7H,8H2,1-3H3,(H,19,20)(H,16,17,18). The molecule has 0 radical (unpaired) electrons. The van der Waals surface area contributed by atoms with E-state index in [9.17, 15) is 4.79 Å². The summed E-state index contributed by atoms with van der Waals surface area (Å²) in [4.78, 5) is 19.2. The number of carbonyl (C=O) groups is 1. The van der Waals surface area contributed by atoms with E-state index < -0.39 is 5.97 Å². The van der Waals surface area contributed by atoms with Crippen molar-refractivity contribution in [3.05, 3.63) is 41.2 Å². The van der Waals surface area contributed by atoms with Crippen LogP contribution < -0.4 is 5.32 Å². The third kappa shape index (κ3) is 3.32. The van der Waals surface area contributed by atoms with Gasteiger partial charge < -0.3 is 10.4 Å². The highest BCUT2D eigenvalue weighted by Gasteiger charge is 2.08. The van der Waals surface area contributed by atoms with Crippen LogP contribution in [0.5, 0.6) is 0 Å². The lowest BCUT2D eigenvalue weighted by Crippen LogP contribution is -2.13. The molecule has 0 saturated carbocycles. The second kappa shape index (κ2) is 5.69. The summed E-state index contributed by atoms with van der Waals surface area (Å²) in [5, 5.41) is 11.5. The summed E-state index contributed by atoms with van der Waals surface area (Å²) in [6, 6.07) is 7.92. The van der Waals surface area contributed by atoms with Crippen LogP contribution in [0.2, 0.25) is 0 Å². The molecule has 1 aromatic heterocycles. The molecule has 104 valence electrons. The van der Waals surface area contributed by atoms with E-state index >= 15 is 0 Å². The molecule has 0 bridgehead atoms. The smallest absolute Gasteiger partial charge is 0.322 e. The van der Waals surface area contributed by atoms with Gasteiger partial charge in [0.15, 0.2) is 0 Å². The zero-order chi connectivity index (χ0) is 14.7. The Morgan fingerprint density at radius 1 is 1.20 bits per heavy atom. The van der Waals surface area contributed by atoms with Gasteiger partial charge in [-0.1, -0.05) is 23.8 Å². The number of carboxylic acid groups (broad SMARTS) is 1. The van der Waals surface area contributed by atoms with E-state index in [1.165, 1.54) is 5.56 Å². The SMILES string of the molecule is Cc1ccc(-c2cc(NCC(=O)O)nc(C)n2)c(C)c1. The van der Waals surface area contributed by atoms with Gasteiger partial charge in [0.1, 0.15) is 18.2 Å². The largest absolute Gasteiger partial charge is 0.480 e. The van der Waals surface area contributed by atoms with Crippen molar-refractivity contribution < 1.29 is 9.90 Å². The zero-order valence-electron chi connectivity index (χ0n) is 11.8. The summed E-state index contributed by atoms with van der Waals surface area (Å²) < 4.78 is 0. The van der Waals surface area contributed by atoms with Crippen LogP contribution in [0.15, 0.2) is 24.3 Å². The van der Waals surface area contributed by atoms with Gasteiger partial charge in [-0.25, -0.2) is 9.97 Å². The highest BCUT2D eigenvalue weighted by molar-refractivity contribution is 5.73. The lowest BCUT2D eigenvalue weighted by atomic mass is 10.0. The molecule has 0 unspecified atom stereocenters. The van der Waals surface area contributed by atoms with Crippen molar-refractivity contribution in [2.45, 2.75) is 20.8 Å². The molecular formula is C15H17N3O2. The number of nitrogens with zero attached hydrogens (tertiary/aromatic N) is 2. The average molecular weight is 271 g/mol. The van der Waals surface area contributed by atoms with Crippen molar-refractivity contribution in [3.8, 4) is 11.3 Å². The highest BCUT2D eigenvalue weighted by atomic mass is 16.4. The van der Waals surface area contributed by atoms with Crippen LogP contribution in [0.3, 0.4) is 0 Å². The van der Waals surface area contributed by atoms with E-state index in [1.54, 1.807) is 13.0 Å². The maximum atomic E-state index is 10.6. The Kier molecular flexibility index (Phi) is 3.98. The van der Waals surface area contributed by atoms with Gasteiger partial charge in [0.2, 0.25) is 0 Å². The molecule has 1 aromatic carbocycles. The third-order valence-electron chi connectivity index (χ3n) is 2.92. The van der Waals surface area contributed by atoms with Crippen LogP contribution >= 0.6 is 0 Å². The molecule has 0 saturated heterocycles. The van der Waals surface area contributed by atoms with Gasteiger partial charge >= 0.3 is 5.97 Å². The lowest BCUT2D eigenvalue weighted by molar-refractivity contribution is -0.134. The van der Waals surface area contributed by atoms with Gasteiger partial charge in [0.05, 0.1) is 5.69 Å². The fraction of sp³-hybridized carbons (Fsp3) is 0.267. The highest BCUT2D eigenvalue weighted by Crippen LogP contribution is 2.24. The molecule has 0 aliphatic carbocycles. The van der Waals surface area contributed by atoms with Crippen LogP contribution in [-0.4, -0.2) is 27.6 Å². The predicted molar refractivity (Wildman–Crippen MR) is 77.8 cm³/mol. The number of nitrogens with one attached hydrogen (secondary N) is 1. The monoisotopic (exact) mass is 271 g/mol. The van der Waals surface area contributed by atoms with Crippen LogP contribution in [0.1, 0.15) is 17.0 Å². The first-order valence-electron chi connectivity index (χ1n) is 6.34. The molecular weight excluding hydrogens is 254 g/mol. The number of benzene rings is 1. The topological polar surface area (TPSA) is 75.1 Å². The third-order valence-corrected chi connectivity index (χ3v) is 2.92. The van der Waals surface area contributed by atoms with Gasteiger partial charge in [-0.05, 0) is 26.3 Å². The number of aryl methyl sites for hydroxylation is 3. The van der Waals surface area contributed by atoms with Crippen molar-refractivity contribution in [3.63, 3.8) is 0 Å². The maximum absolute atomic E-state index is 10.6. The van der Waals surface area contributed by atoms with E-state index in [0.29, 0.717) is 11.6 Å². The quantitative estimate of drug-likeness (QED) is 0.894. The number of rotatable bonds is 4. The summed E-state index contributed by atoms with van der Waals surface area (Å²) in [6.45, 7) is 5.70. The summed E-state index contributed by atoms with van der Waals surface area (Å²) in [5.74, 6) is 0.208. The number of carboxylic acids is 1. The minimum Gasteiger partial charge on any atom is -0.480 e. The van der Waals surface area contributed by atoms with Crippen molar-refractivity contribution in [1.29, 1.82) is 0 Å². The zero-order valence-corrected chi connectivity index (χ0v) is 11.8. The first-order valence-corrected chi connectivity index (χ1v) is 6.34. The molecule has 5 heteroatoms. The number of aliphatic carboxylic acids is 1. The molecule has 0 spiro atoms. The van der Waals surface area contributed by atoms with Gasteiger partial charge in [-0.3, -0.25) is 4.79 Å². The van der Waals surface area contributed by atoms with Gasteiger partial charge in [-0.2, -0.15) is 0 Å². The first-order chi connectivity index (χ1) is 9.45. The molecule has 0 aliphatic rings.